The van der Waals surface area contributed by atoms with E-state index in [-0.39, 0.29) is 30.5 Å². The topological polar surface area (TPSA) is 234 Å². The smallest absolute Gasteiger partial charge is 0.328 e. The molecule has 0 aliphatic rings. The zero-order valence-corrected chi connectivity index (χ0v) is 23.9. The van der Waals surface area contributed by atoms with Crippen LogP contribution in [0.1, 0.15) is 43.7 Å². The average Bonchev–Trinajstić information content (AvgIpc) is 3.25. The van der Waals surface area contributed by atoms with Gasteiger partial charge in [0.25, 0.3) is 0 Å². The van der Waals surface area contributed by atoms with Crippen molar-refractivity contribution in [2.24, 2.45) is 0 Å². The third-order valence-electron chi connectivity index (χ3n) is 6.00. The minimum atomic E-state index is -1.26. The molecule has 1 aromatic carbocycles. The molecule has 234 valence electrons. The van der Waals surface area contributed by atoms with Gasteiger partial charge in [-0.1, -0.05) is 37.6 Å². The number of nitrogens with zero attached hydrogens (tertiary/aromatic N) is 4. The highest BCUT2D eigenvalue weighted by atomic mass is 16.5. The largest absolute Gasteiger partial charge is 0.481 e. The van der Waals surface area contributed by atoms with Crippen LogP contribution in [-0.2, 0) is 33.9 Å². The Balaban J connectivity index is 0.000000708. The zero-order chi connectivity index (χ0) is 31.8. The third kappa shape index (κ3) is 12.3. The first-order valence-corrected chi connectivity index (χ1v) is 13.7. The van der Waals surface area contributed by atoms with E-state index in [1.807, 2.05) is 18.2 Å². The van der Waals surface area contributed by atoms with Gasteiger partial charge in [-0.25, -0.2) is 14.4 Å². The SMILES string of the molecule is CCCCOc1nc(N)c2[nH]c(=O)n(CCCCN(CCO)Cc3cccc(CC(=O)O)c3)c2n1.O=C(O)/C=C/C(=O)O. The Hall–Kier alpha value is -4.76. The van der Waals surface area contributed by atoms with Gasteiger partial charge < -0.3 is 35.9 Å². The molecular weight excluding hydrogens is 564 g/mol. The van der Waals surface area contributed by atoms with E-state index in [9.17, 15) is 24.3 Å². The minimum absolute atomic E-state index is 0.0212. The van der Waals surface area contributed by atoms with Crippen LogP contribution in [0.5, 0.6) is 6.01 Å². The number of aliphatic hydroxyl groups is 1. The van der Waals surface area contributed by atoms with Crippen molar-refractivity contribution in [3.63, 3.8) is 0 Å². The van der Waals surface area contributed by atoms with Gasteiger partial charge in [0.05, 0.1) is 19.6 Å². The van der Waals surface area contributed by atoms with Crippen molar-refractivity contribution in [1.29, 1.82) is 0 Å². The molecule has 0 aliphatic carbocycles. The highest BCUT2D eigenvalue weighted by Crippen LogP contribution is 2.18. The molecule has 3 rings (SSSR count). The number of aliphatic carboxylic acids is 3. The number of hydrogen-bond donors (Lipinski definition) is 6. The number of H-pyrrole nitrogens is 1. The number of fused-ring (bicyclic) bond motifs is 1. The Morgan fingerprint density at radius 1 is 1.05 bits per heavy atom. The van der Waals surface area contributed by atoms with Gasteiger partial charge in [-0.05, 0) is 36.9 Å². The lowest BCUT2D eigenvalue weighted by Crippen LogP contribution is -2.28. The number of ether oxygens (including phenoxy) is 1. The minimum Gasteiger partial charge on any atom is -0.481 e. The molecule has 15 nitrogen and oxygen atoms in total. The maximum atomic E-state index is 12.5. The number of rotatable bonds is 17. The van der Waals surface area contributed by atoms with Crippen molar-refractivity contribution in [3.05, 3.63) is 58.0 Å². The molecule has 3 aromatic rings. The summed E-state index contributed by atoms with van der Waals surface area (Å²) in [6, 6.07) is 7.64. The summed E-state index contributed by atoms with van der Waals surface area (Å²) in [6.45, 7) is 4.82. The number of aromatic amines is 1. The highest BCUT2D eigenvalue weighted by molar-refractivity contribution is 5.89. The maximum Gasteiger partial charge on any atom is 0.328 e. The van der Waals surface area contributed by atoms with Gasteiger partial charge in [0.15, 0.2) is 11.5 Å². The monoisotopic (exact) mass is 602 g/mol. The second kappa shape index (κ2) is 17.9. The van der Waals surface area contributed by atoms with E-state index in [4.69, 9.17) is 25.8 Å². The quantitative estimate of drug-likeness (QED) is 0.0950. The van der Waals surface area contributed by atoms with Crippen LogP contribution in [0, 0.1) is 0 Å². The van der Waals surface area contributed by atoms with Crippen LogP contribution in [0.4, 0.5) is 5.82 Å². The molecule has 0 unspecified atom stereocenters. The van der Waals surface area contributed by atoms with Gasteiger partial charge in [-0.2, -0.15) is 9.97 Å². The van der Waals surface area contributed by atoms with Crippen LogP contribution in [0.3, 0.4) is 0 Å². The standard InChI is InChI=1S/C24H34N6O5.C4H4O4/c1-2-3-13-35-23-27-21(25)20-22(28-23)30(24(34)26-20)10-5-4-9-29(11-12-31)16-18-8-6-7-17(14-18)15-19(32)33;5-3(6)1-2-4(7)8/h6-8,14,31H,2-5,9-13,15-16H2,1H3,(H,26,34)(H,32,33)(H2,25,27,28);1-2H,(H,5,6)(H,7,8)/b;2-1+. The number of unbranched alkanes of at least 4 members (excludes halogenated alkanes) is 2. The molecule has 43 heavy (non-hydrogen) atoms. The van der Waals surface area contributed by atoms with Crippen LogP contribution in [0.2, 0.25) is 0 Å². The predicted molar refractivity (Wildman–Crippen MR) is 157 cm³/mol. The fourth-order valence-corrected chi connectivity index (χ4v) is 4.04. The van der Waals surface area contributed by atoms with E-state index in [2.05, 4.69) is 26.8 Å². The Labute approximate surface area is 247 Å². The van der Waals surface area contributed by atoms with E-state index in [1.54, 1.807) is 10.6 Å². The normalized spacial score (nSPS) is 11.0. The third-order valence-corrected chi connectivity index (χ3v) is 6.00. The first-order chi connectivity index (χ1) is 20.5. The number of benzene rings is 1. The van der Waals surface area contributed by atoms with E-state index < -0.39 is 17.9 Å². The Kier molecular flexibility index (Phi) is 14.4. The molecule has 0 bridgehead atoms. The summed E-state index contributed by atoms with van der Waals surface area (Å²) in [5.74, 6) is -3.20. The molecule has 0 fully saturated rings. The molecule has 0 radical (unpaired) electrons. The van der Waals surface area contributed by atoms with Crippen LogP contribution in [-0.4, -0.2) is 89.1 Å². The van der Waals surface area contributed by atoms with Crippen LogP contribution >= 0.6 is 0 Å². The summed E-state index contributed by atoms with van der Waals surface area (Å²) in [5.41, 5.74) is 8.28. The summed E-state index contributed by atoms with van der Waals surface area (Å²) in [5, 5.41) is 34.1. The maximum absolute atomic E-state index is 12.5. The van der Waals surface area contributed by atoms with Gasteiger partial charge in [-0.15, -0.1) is 0 Å². The lowest BCUT2D eigenvalue weighted by Gasteiger charge is -2.21. The number of nitrogens with two attached hydrogens (primary N) is 1. The fraction of sp³-hybridized carbons (Fsp3) is 0.429. The molecule has 15 heteroatoms. The van der Waals surface area contributed by atoms with Gasteiger partial charge >= 0.3 is 29.6 Å². The molecule has 0 atom stereocenters. The molecule has 0 saturated heterocycles. The van der Waals surface area contributed by atoms with Gasteiger partial charge in [-0.3, -0.25) is 14.3 Å². The number of aryl methyl sites for hydroxylation is 1. The lowest BCUT2D eigenvalue weighted by molar-refractivity contribution is -0.136. The summed E-state index contributed by atoms with van der Waals surface area (Å²) in [6.07, 6.45) is 4.44. The number of aromatic nitrogens is 4. The van der Waals surface area contributed by atoms with Crippen molar-refractivity contribution < 1.29 is 39.5 Å². The number of anilines is 1. The lowest BCUT2D eigenvalue weighted by atomic mass is 10.1. The highest BCUT2D eigenvalue weighted by Gasteiger charge is 2.15. The molecule has 0 saturated carbocycles. The first-order valence-electron chi connectivity index (χ1n) is 13.7. The Morgan fingerprint density at radius 3 is 2.37 bits per heavy atom. The summed E-state index contributed by atoms with van der Waals surface area (Å²) < 4.78 is 7.12. The molecule has 0 aliphatic heterocycles. The molecule has 7 N–H and O–H groups in total. The number of carboxylic acids is 3. The number of carbonyl (C=O) groups is 3. The number of imidazole rings is 1. The molecule has 0 amide bonds. The number of aliphatic hydroxyl groups excluding tert-OH is 1. The molecule has 2 heterocycles. The Bertz CT molecular complexity index is 1430. The average molecular weight is 603 g/mol. The molecule has 2 aromatic heterocycles. The zero-order valence-electron chi connectivity index (χ0n) is 23.9. The second-order valence-corrected chi connectivity index (χ2v) is 9.48. The van der Waals surface area contributed by atoms with E-state index in [0.717, 1.165) is 30.4 Å². The molecular formula is C28H38N6O9. The number of hydrogen-bond acceptors (Lipinski definition) is 10. The summed E-state index contributed by atoms with van der Waals surface area (Å²) >= 11 is 0. The summed E-state index contributed by atoms with van der Waals surface area (Å²) in [7, 11) is 0. The van der Waals surface area contributed by atoms with Crippen molar-refractivity contribution in [2.75, 3.05) is 32.0 Å². The van der Waals surface area contributed by atoms with Crippen molar-refractivity contribution in [3.8, 4) is 6.01 Å². The van der Waals surface area contributed by atoms with E-state index >= 15 is 0 Å². The van der Waals surface area contributed by atoms with Crippen LogP contribution < -0.4 is 16.2 Å². The van der Waals surface area contributed by atoms with Gasteiger partial charge in [0.1, 0.15) is 5.52 Å². The van der Waals surface area contributed by atoms with Crippen molar-refractivity contribution in [1.82, 2.24) is 24.4 Å². The van der Waals surface area contributed by atoms with Gasteiger partial charge in [0.2, 0.25) is 0 Å². The van der Waals surface area contributed by atoms with Crippen molar-refractivity contribution in [2.45, 2.75) is 52.1 Å². The predicted octanol–water partition coefficient (Wildman–Crippen LogP) is 1.49. The fourth-order valence-electron chi connectivity index (χ4n) is 4.04. The second-order valence-electron chi connectivity index (χ2n) is 9.48. The van der Waals surface area contributed by atoms with E-state index in [1.165, 1.54) is 0 Å². The number of carboxylic acid groups (broad SMARTS) is 3. The van der Waals surface area contributed by atoms with Gasteiger partial charge in [0, 0.05) is 31.8 Å². The van der Waals surface area contributed by atoms with E-state index in [0.29, 0.717) is 62.5 Å². The Morgan fingerprint density at radius 2 is 1.74 bits per heavy atom. The van der Waals surface area contributed by atoms with Crippen LogP contribution in [0.25, 0.3) is 11.2 Å². The number of nitrogens with one attached hydrogen (secondary N) is 1. The summed E-state index contributed by atoms with van der Waals surface area (Å²) in [4.78, 5) is 55.9. The number of nitrogen functional groups attached to an aromatic ring is 1. The van der Waals surface area contributed by atoms with Crippen LogP contribution in [0.15, 0.2) is 41.2 Å². The van der Waals surface area contributed by atoms with Crippen molar-refractivity contribution >= 4 is 34.9 Å². The molecule has 0 spiro atoms. The first kappa shape index (κ1) is 34.4.